The van der Waals surface area contributed by atoms with Crippen LogP contribution in [0.1, 0.15) is 15.9 Å². The number of rotatable bonds is 4. The fraction of sp³-hybridized carbons (Fsp3) is 0.100. The molecule has 0 aliphatic heterocycles. The number of hydrogen-bond acceptors (Lipinski definition) is 3. The summed E-state index contributed by atoms with van der Waals surface area (Å²) in [4.78, 5) is 18.5. The Morgan fingerprint density at radius 1 is 1.00 bits per heavy atom. The number of pyridine rings is 1. The van der Waals surface area contributed by atoms with Gasteiger partial charge in [-0.15, -0.1) is 0 Å². The quantitative estimate of drug-likeness (QED) is 0.797. The van der Waals surface area contributed by atoms with Gasteiger partial charge in [-0.25, -0.2) is 0 Å². The van der Waals surface area contributed by atoms with Crippen molar-refractivity contribution in [1.82, 2.24) is 9.88 Å². The first-order valence-corrected chi connectivity index (χ1v) is 7.67. The first-order chi connectivity index (χ1) is 11.6. The molecule has 0 spiro atoms. The maximum absolute atomic E-state index is 12.6. The smallest absolute Gasteiger partial charge is 0.255 e. The van der Waals surface area contributed by atoms with E-state index in [0.29, 0.717) is 12.1 Å². The molecule has 3 aromatic rings. The molecule has 120 valence electrons. The van der Waals surface area contributed by atoms with Crippen molar-refractivity contribution in [1.29, 1.82) is 0 Å². The predicted octanol–water partition coefficient (Wildman–Crippen LogP) is 3.73. The van der Waals surface area contributed by atoms with Gasteiger partial charge in [-0.05, 0) is 29.3 Å². The number of carbonyl (C=O) groups is 1. The molecular formula is C20H18N2O2. The van der Waals surface area contributed by atoms with E-state index in [1.807, 2.05) is 36.4 Å². The summed E-state index contributed by atoms with van der Waals surface area (Å²) in [5, 5.41) is 9.33. The standard InChI is InChI=1S/C20H18N2O2/c1-22(14-15-7-9-19(23)10-8-15)20(24)18-11-17(12-21-13-18)16-5-3-2-4-6-16/h2-13,23H,14H2,1H3. The Hall–Kier alpha value is -3.14. The molecule has 4 heteroatoms. The fourth-order valence-corrected chi connectivity index (χ4v) is 2.51. The zero-order valence-electron chi connectivity index (χ0n) is 13.4. The fourth-order valence-electron chi connectivity index (χ4n) is 2.51. The zero-order valence-corrected chi connectivity index (χ0v) is 13.4. The van der Waals surface area contributed by atoms with Gasteiger partial charge in [0, 0.05) is 31.5 Å². The third-order valence-corrected chi connectivity index (χ3v) is 3.80. The number of nitrogens with zero attached hydrogens (tertiary/aromatic N) is 2. The average Bonchev–Trinajstić information content (AvgIpc) is 2.64. The van der Waals surface area contributed by atoms with Crippen LogP contribution >= 0.6 is 0 Å². The van der Waals surface area contributed by atoms with Gasteiger partial charge < -0.3 is 10.0 Å². The highest BCUT2D eigenvalue weighted by atomic mass is 16.3. The van der Waals surface area contributed by atoms with E-state index in [0.717, 1.165) is 16.7 Å². The molecule has 0 radical (unpaired) electrons. The van der Waals surface area contributed by atoms with Gasteiger partial charge in [0.1, 0.15) is 5.75 Å². The molecular weight excluding hydrogens is 300 g/mol. The lowest BCUT2D eigenvalue weighted by molar-refractivity contribution is 0.0784. The Kier molecular flexibility index (Phi) is 4.57. The van der Waals surface area contributed by atoms with Gasteiger partial charge in [-0.3, -0.25) is 9.78 Å². The number of aromatic hydroxyl groups is 1. The molecule has 1 aromatic heterocycles. The Morgan fingerprint density at radius 3 is 2.42 bits per heavy atom. The van der Waals surface area contributed by atoms with Crippen molar-refractivity contribution in [3.63, 3.8) is 0 Å². The lowest BCUT2D eigenvalue weighted by atomic mass is 10.1. The molecule has 0 fully saturated rings. The SMILES string of the molecule is CN(Cc1ccc(O)cc1)C(=O)c1cncc(-c2ccccc2)c1. The number of carbonyl (C=O) groups excluding carboxylic acids is 1. The van der Waals surface area contributed by atoms with Crippen molar-refractivity contribution in [3.8, 4) is 16.9 Å². The maximum Gasteiger partial charge on any atom is 0.255 e. The Balaban J connectivity index is 1.78. The lowest BCUT2D eigenvalue weighted by Gasteiger charge is -2.17. The van der Waals surface area contributed by atoms with E-state index in [1.165, 1.54) is 0 Å². The third-order valence-electron chi connectivity index (χ3n) is 3.80. The number of phenols is 1. The van der Waals surface area contributed by atoms with Crippen molar-refractivity contribution in [3.05, 3.63) is 84.2 Å². The molecule has 0 aliphatic rings. The zero-order chi connectivity index (χ0) is 16.9. The lowest BCUT2D eigenvalue weighted by Crippen LogP contribution is -2.26. The summed E-state index contributed by atoms with van der Waals surface area (Å²) in [5.74, 6) is 0.126. The van der Waals surface area contributed by atoms with Crippen molar-refractivity contribution >= 4 is 5.91 Å². The summed E-state index contributed by atoms with van der Waals surface area (Å²) in [6.07, 6.45) is 3.34. The normalized spacial score (nSPS) is 10.4. The highest BCUT2D eigenvalue weighted by molar-refractivity contribution is 5.94. The summed E-state index contributed by atoms with van der Waals surface area (Å²) in [6.45, 7) is 0.467. The Labute approximate surface area is 141 Å². The van der Waals surface area contributed by atoms with Crippen molar-refractivity contribution < 1.29 is 9.90 Å². The summed E-state index contributed by atoms with van der Waals surface area (Å²) >= 11 is 0. The molecule has 1 amide bonds. The van der Waals surface area contributed by atoms with Crippen LogP contribution < -0.4 is 0 Å². The molecule has 2 aromatic carbocycles. The summed E-state index contributed by atoms with van der Waals surface area (Å²) < 4.78 is 0. The van der Waals surface area contributed by atoms with Gasteiger partial charge in [0.05, 0.1) is 5.56 Å². The van der Waals surface area contributed by atoms with Gasteiger partial charge in [0.25, 0.3) is 5.91 Å². The first-order valence-electron chi connectivity index (χ1n) is 7.67. The number of amides is 1. The second-order valence-electron chi connectivity index (χ2n) is 5.66. The highest BCUT2D eigenvalue weighted by Gasteiger charge is 2.13. The molecule has 0 saturated heterocycles. The summed E-state index contributed by atoms with van der Waals surface area (Å²) in [5.41, 5.74) is 3.45. The molecule has 0 unspecified atom stereocenters. The minimum atomic E-state index is -0.0895. The summed E-state index contributed by atoms with van der Waals surface area (Å²) in [7, 11) is 1.75. The molecule has 0 bridgehead atoms. The van der Waals surface area contributed by atoms with E-state index < -0.39 is 0 Å². The predicted molar refractivity (Wildman–Crippen MR) is 93.6 cm³/mol. The molecule has 3 rings (SSSR count). The van der Waals surface area contributed by atoms with E-state index >= 15 is 0 Å². The van der Waals surface area contributed by atoms with E-state index in [1.54, 1.807) is 48.6 Å². The molecule has 0 saturated carbocycles. The van der Waals surface area contributed by atoms with E-state index in [4.69, 9.17) is 0 Å². The van der Waals surface area contributed by atoms with Crippen LogP contribution in [0.4, 0.5) is 0 Å². The third kappa shape index (κ3) is 3.60. The van der Waals surface area contributed by atoms with Crippen LogP contribution in [-0.4, -0.2) is 27.9 Å². The second kappa shape index (κ2) is 6.96. The molecule has 24 heavy (non-hydrogen) atoms. The summed E-state index contributed by atoms with van der Waals surface area (Å²) in [6, 6.07) is 18.6. The molecule has 0 atom stereocenters. The molecule has 4 nitrogen and oxygen atoms in total. The Morgan fingerprint density at radius 2 is 1.71 bits per heavy atom. The maximum atomic E-state index is 12.6. The van der Waals surface area contributed by atoms with E-state index in [9.17, 15) is 9.90 Å². The number of benzene rings is 2. The van der Waals surface area contributed by atoms with Gasteiger partial charge in [0.15, 0.2) is 0 Å². The molecule has 0 aliphatic carbocycles. The van der Waals surface area contributed by atoms with Gasteiger partial charge in [-0.1, -0.05) is 42.5 Å². The number of aromatic nitrogens is 1. The average molecular weight is 318 g/mol. The van der Waals surface area contributed by atoms with Gasteiger partial charge >= 0.3 is 0 Å². The first kappa shape index (κ1) is 15.7. The van der Waals surface area contributed by atoms with Crippen LogP contribution in [0.5, 0.6) is 5.75 Å². The minimum Gasteiger partial charge on any atom is -0.508 e. The van der Waals surface area contributed by atoms with E-state index in [2.05, 4.69) is 4.98 Å². The van der Waals surface area contributed by atoms with Crippen LogP contribution in [0.25, 0.3) is 11.1 Å². The van der Waals surface area contributed by atoms with Crippen LogP contribution in [0, 0.1) is 0 Å². The monoisotopic (exact) mass is 318 g/mol. The highest BCUT2D eigenvalue weighted by Crippen LogP contribution is 2.20. The minimum absolute atomic E-state index is 0.0895. The number of phenolic OH excluding ortho intramolecular Hbond substituents is 1. The van der Waals surface area contributed by atoms with Gasteiger partial charge in [-0.2, -0.15) is 0 Å². The van der Waals surface area contributed by atoms with Gasteiger partial charge in [0.2, 0.25) is 0 Å². The Bertz CT molecular complexity index is 830. The van der Waals surface area contributed by atoms with Crippen molar-refractivity contribution in [2.24, 2.45) is 0 Å². The topological polar surface area (TPSA) is 53.4 Å². The van der Waals surface area contributed by atoms with Crippen LogP contribution in [0.2, 0.25) is 0 Å². The van der Waals surface area contributed by atoms with Crippen molar-refractivity contribution in [2.45, 2.75) is 6.54 Å². The van der Waals surface area contributed by atoms with Crippen LogP contribution in [0.3, 0.4) is 0 Å². The van der Waals surface area contributed by atoms with Crippen LogP contribution in [0.15, 0.2) is 73.1 Å². The largest absolute Gasteiger partial charge is 0.508 e. The van der Waals surface area contributed by atoms with E-state index in [-0.39, 0.29) is 11.7 Å². The van der Waals surface area contributed by atoms with Crippen LogP contribution in [-0.2, 0) is 6.54 Å². The van der Waals surface area contributed by atoms with Crippen molar-refractivity contribution in [2.75, 3.05) is 7.05 Å². The number of hydrogen-bond donors (Lipinski definition) is 1. The molecule has 1 heterocycles. The molecule has 1 N–H and O–H groups in total. The second-order valence-corrected chi connectivity index (χ2v) is 5.66.